The fourth-order valence-corrected chi connectivity index (χ4v) is 3.18. The molecule has 1 saturated heterocycles. The van der Waals surface area contributed by atoms with Gasteiger partial charge in [-0.2, -0.15) is 0 Å². The van der Waals surface area contributed by atoms with Crippen LogP contribution in [0.25, 0.3) is 11.3 Å². The van der Waals surface area contributed by atoms with E-state index < -0.39 is 0 Å². The number of hydrogen-bond donors (Lipinski definition) is 1. The number of aromatic nitrogens is 1. The lowest BCUT2D eigenvalue weighted by atomic mass is 10.1. The number of thiazole rings is 1. The highest BCUT2D eigenvalue weighted by atomic mass is 32.1. The van der Waals surface area contributed by atoms with Crippen LogP contribution in [0.2, 0.25) is 0 Å². The second-order valence-corrected chi connectivity index (χ2v) is 5.77. The van der Waals surface area contributed by atoms with Crippen molar-refractivity contribution in [3.63, 3.8) is 0 Å². The molecule has 1 N–H and O–H groups in total. The second-order valence-electron chi connectivity index (χ2n) is 4.53. The molecule has 1 unspecified atom stereocenters. The Kier molecular flexibility index (Phi) is 3.59. The van der Waals surface area contributed by atoms with E-state index in [2.05, 4.69) is 10.3 Å². The molecule has 1 aromatic carbocycles. The van der Waals surface area contributed by atoms with E-state index in [4.69, 9.17) is 4.74 Å². The average molecular weight is 278 g/mol. The third kappa shape index (κ3) is 2.68. The van der Waals surface area contributed by atoms with Crippen LogP contribution in [0.1, 0.15) is 16.0 Å². The molecule has 1 aromatic heterocycles. The number of aryl methyl sites for hydroxylation is 1. The number of hydrogen-bond acceptors (Lipinski definition) is 4. The zero-order valence-corrected chi connectivity index (χ0v) is 11.5. The van der Waals surface area contributed by atoms with Gasteiger partial charge in [0.15, 0.2) is 0 Å². The van der Waals surface area contributed by atoms with E-state index in [1.807, 2.05) is 13.0 Å². The third-order valence-electron chi connectivity index (χ3n) is 3.11. The van der Waals surface area contributed by atoms with Crippen molar-refractivity contribution in [3.8, 4) is 11.3 Å². The number of ether oxygens (including phenoxy) is 1. The summed E-state index contributed by atoms with van der Waals surface area (Å²) in [4.78, 5) is 5.72. The first-order valence-electron chi connectivity index (χ1n) is 6.29. The second kappa shape index (κ2) is 5.36. The Morgan fingerprint density at radius 2 is 2.37 bits per heavy atom. The van der Waals surface area contributed by atoms with Crippen LogP contribution >= 0.6 is 11.3 Å². The highest BCUT2D eigenvalue weighted by Gasteiger charge is 2.21. The SMILES string of the molecule is Cc1sc(C2CNCCO2)nc1-c1cccc(F)c1. The molecule has 0 bridgehead atoms. The van der Waals surface area contributed by atoms with Gasteiger partial charge in [-0.1, -0.05) is 12.1 Å². The van der Waals surface area contributed by atoms with Gasteiger partial charge in [0, 0.05) is 23.5 Å². The summed E-state index contributed by atoms with van der Waals surface area (Å²) in [6.45, 7) is 4.39. The van der Waals surface area contributed by atoms with Crippen LogP contribution in [0.3, 0.4) is 0 Å². The maximum atomic E-state index is 13.3. The Bertz CT molecular complexity index is 579. The molecule has 100 valence electrons. The molecule has 2 heterocycles. The van der Waals surface area contributed by atoms with E-state index in [-0.39, 0.29) is 11.9 Å². The zero-order chi connectivity index (χ0) is 13.2. The summed E-state index contributed by atoms with van der Waals surface area (Å²) in [5, 5.41) is 4.25. The number of benzene rings is 1. The first kappa shape index (κ1) is 12.7. The Hall–Kier alpha value is -1.30. The van der Waals surface area contributed by atoms with Gasteiger partial charge in [-0.05, 0) is 19.1 Å². The number of morpholine rings is 1. The molecule has 1 atom stereocenters. The third-order valence-corrected chi connectivity index (χ3v) is 4.18. The Balaban J connectivity index is 1.92. The lowest BCUT2D eigenvalue weighted by Crippen LogP contribution is -2.33. The molecule has 2 aromatic rings. The predicted octanol–water partition coefficient (Wildman–Crippen LogP) is 2.92. The Morgan fingerprint density at radius 1 is 1.47 bits per heavy atom. The van der Waals surface area contributed by atoms with Crippen molar-refractivity contribution in [2.24, 2.45) is 0 Å². The first-order chi connectivity index (χ1) is 9.24. The average Bonchev–Trinajstić information content (AvgIpc) is 2.82. The molecule has 0 spiro atoms. The standard InChI is InChI=1S/C14H15FN2OS/c1-9-13(10-3-2-4-11(15)7-10)17-14(19-9)12-8-16-5-6-18-12/h2-4,7,12,16H,5-6,8H2,1H3. The van der Waals surface area contributed by atoms with Crippen molar-refractivity contribution in [1.82, 2.24) is 10.3 Å². The van der Waals surface area contributed by atoms with Gasteiger partial charge in [-0.25, -0.2) is 9.37 Å². The van der Waals surface area contributed by atoms with Crippen LogP contribution in [0.4, 0.5) is 4.39 Å². The molecule has 3 rings (SSSR count). The van der Waals surface area contributed by atoms with Crippen LogP contribution in [0.15, 0.2) is 24.3 Å². The topological polar surface area (TPSA) is 34.1 Å². The first-order valence-corrected chi connectivity index (χ1v) is 7.11. The summed E-state index contributed by atoms with van der Waals surface area (Å²) in [6, 6.07) is 6.56. The van der Waals surface area contributed by atoms with Gasteiger partial charge in [-0.15, -0.1) is 11.3 Å². The highest BCUT2D eigenvalue weighted by Crippen LogP contribution is 2.32. The number of halogens is 1. The lowest BCUT2D eigenvalue weighted by molar-refractivity contribution is 0.0276. The van der Waals surface area contributed by atoms with Gasteiger partial charge in [0.2, 0.25) is 0 Å². The molecular formula is C14H15FN2OS. The van der Waals surface area contributed by atoms with Crippen molar-refractivity contribution in [3.05, 3.63) is 40.0 Å². The van der Waals surface area contributed by atoms with Crippen molar-refractivity contribution in [2.45, 2.75) is 13.0 Å². The van der Waals surface area contributed by atoms with Crippen LogP contribution in [0.5, 0.6) is 0 Å². The molecule has 0 saturated carbocycles. The largest absolute Gasteiger partial charge is 0.368 e. The normalized spacial score (nSPS) is 19.6. The minimum atomic E-state index is -0.234. The predicted molar refractivity (Wildman–Crippen MR) is 73.8 cm³/mol. The monoisotopic (exact) mass is 278 g/mol. The van der Waals surface area contributed by atoms with E-state index in [0.717, 1.165) is 34.2 Å². The number of nitrogens with one attached hydrogen (secondary N) is 1. The van der Waals surface area contributed by atoms with Crippen LogP contribution in [-0.4, -0.2) is 24.7 Å². The fourth-order valence-electron chi connectivity index (χ4n) is 2.18. The Morgan fingerprint density at radius 3 is 3.11 bits per heavy atom. The van der Waals surface area contributed by atoms with Crippen molar-refractivity contribution < 1.29 is 9.13 Å². The molecule has 0 amide bonds. The van der Waals surface area contributed by atoms with Crippen LogP contribution in [0, 0.1) is 12.7 Å². The fraction of sp³-hybridized carbons (Fsp3) is 0.357. The molecule has 5 heteroatoms. The molecule has 1 fully saturated rings. The smallest absolute Gasteiger partial charge is 0.124 e. The van der Waals surface area contributed by atoms with E-state index >= 15 is 0 Å². The zero-order valence-electron chi connectivity index (χ0n) is 10.6. The minimum Gasteiger partial charge on any atom is -0.368 e. The molecular weight excluding hydrogens is 263 g/mol. The molecule has 0 aliphatic carbocycles. The summed E-state index contributed by atoms with van der Waals surface area (Å²) >= 11 is 1.62. The van der Waals surface area contributed by atoms with E-state index in [0.29, 0.717) is 6.61 Å². The van der Waals surface area contributed by atoms with Gasteiger partial charge >= 0.3 is 0 Å². The quantitative estimate of drug-likeness (QED) is 0.917. The number of rotatable bonds is 2. The van der Waals surface area contributed by atoms with Gasteiger partial charge < -0.3 is 10.1 Å². The van der Waals surface area contributed by atoms with Crippen molar-refractivity contribution in [1.29, 1.82) is 0 Å². The van der Waals surface area contributed by atoms with E-state index in [9.17, 15) is 4.39 Å². The van der Waals surface area contributed by atoms with Crippen molar-refractivity contribution >= 4 is 11.3 Å². The van der Waals surface area contributed by atoms with Gasteiger partial charge in [-0.3, -0.25) is 0 Å². The van der Waals surface area contributed by atoms with Crippen LogP contribution < -0.4 is 5.32 Å². The summed E-state index contributed by atoms with van der Waals surface area (Å²) < 4.78 is 19.0. The molecule has 3 nitrogen and oxygen atoms in total. The van der Waals surface area contributed by atoms with Crippen LogP contribution in [-0.2, 0) is 4.74 Å². The minimum absolute atomic E-state index is 0.0137. The highest BCUT2D eigenvalue weighted by molar-refractivity contribution is 7.12. The van der Waals surface area contributed by atoms with Crippen molar-refractivity contribution in [2.75, 3.05) is 19.7 Å². The molecule has 1 aliphatic heterocycles. The summed E-state index contributed by atoms with van der Waals surface area (Å²) in [5.41, 5.74) is 1.68. The van der Waals surface area contributed by atoms with E-state index in [1.54, 1.807) is 17.4 Å². The maximum Gasteiger partial charge on any atom is 0.124 e. The molecule has 1 aliphatic rings. The van der Waals surface area contributed by atoms with Gasteiger partial charge in [0.05, 0.1) is 12.3 Å². The number of nitrogens with zero attached hydrogens (tertiary/aromatic N) is 1. The maximum absolute atomic E-state index is 13.3. The summed E-state index contributed by atoms with van der Waals surface area (Å²) in [6.07, 6.45) is 0.0137. The van der Waals surface area contributed by atoms with Gasteiger partial charge in [0.1, 0.15) is 16.9 Å². The molecule has 0 radical (unpaired) electrons. The van der Waals surface area contributed by atoms with Gasteiger partial charge in [0.25, 0.3) is 0 Å². The molecule has 19 heavy (non-hydrogen) atoms. The van der Waals surface area contributed by atoms with E-state index in [1.165, 1.54) is 12.1 Å². The summed E-state index contributed by atoms with van der Waals surface area (Å²) in [7, 11) is 0. The summed E-state index contributed by atoms with van der Waals surface area (Å²) in [5.74, 6) is -0.234. The lowest BCUT2D eigenvalue weighted by Gasteiger charge is -2.21. The Labute approximate surface area is 115 Å².